The summed E-state index contributed by atoms with van der Waals surface area (Å²) in [5.74, 6) is -1.12. The largest absolute Gasteiger partial charge is 0.361 e. The average Bonchev–Trinajstić information content (AvgIpc) is 2.88. The number of aromatic nitrogens is 2. The number of piperidine rings is 1. The summed E-state index contributed by atoms with van der Waals surface area (Å²) in [4.78, 5) is 25.2. The molecule has 1 aliphatic rings. The van der Waals surface area contributed by atoms with E-state index in [-0.39, 0.29) is 6.04 Å². The number of primary amides is 1. The third kappa shape index (κ3) is 2.34. The number of benzene rings is 1. The predicted octanol–water partition coefficient (Wildman–Crippen LogP) is 1.36. The molecule has 0 bridgehead atoms. The molecule has 6 heteroatoms. The monoisotopic (exact) mass is 300 g/mol. The standard InChI is InChI=1S/C16H20N4O2/c1-10-6-7-14(20(9-10)16(22)15(17)21)11-4-3-5-13-12(11)8-18-19(13)2/h3-5,8,10,14H,6-7,9H2,1-2H3,(H2,17,21). The van der Waals surface area contributed by atoms with Crippen molar-refractivity contribution in [2.45, 2.75) is 25.8 Å². The SMILES string of the molecule is CC1CCC(c2cccc3c2cnn3C)N(C(=O)C(N)=O)C1. The zero-order valence-electron chi connectivity index (χ0n) is 12.8. The Labute approximate surface area is 128 Å². The van der Waals surface area contributed by atoms with E-state index < -0.39 is 11.8 Å². The third-order valence-electron chi connectivity index (χ3n) is 4.47. The fourth-order valence-corrected chi connectivity index (χ4v) is 3.33. The molecule has 116 valence electrons. The predicted molar refractivity (Wildman–Crippen MR) is 82.8 cm³/mol. The Morgan fingerprint density at radius 3 is 2.82 bits per heavy atom. The van der Waals surface area contributed by atoms with Crippen LogP contribution in [0.15, 0.2) is 24.4 Å². The van der Waals surface area contributed by atoms with Gasteiger partial charge in [-0.2, -0.15) is 5.10 Å². The summed E-state index contributed by atoms with van der Waals surface area (Å²) in [7, 11) is 1.89. The second kappa shape index (κ2) is 5.44. The second-order valence-electron chi connectivity index (χ2n) is 6.07. The molecule has 2 N–H and O–H groups in total. The summed E-state index contributed by atoms with van der Waals surface area (Å²) in [6.07, 6.45) is 3.66. The number of nitrogens with two attached hydrogens (primary N) is 1. The molecule has 22 heavy (non-hydrogen) atoms. The van der Waals surface area contributed by atoms with Crippen LogP contribution in [-0.4, -0.2) is 33.0 Å². The highest BCUT2D eigenvalue weighted by atomic mass is 16.2. The maximum atomic E-state index is 12.2. The van der Waals surface area contributed by atoms with Crippen LogP contribution in [0.3, 0.4) is 0 Å². The number of amides is 2. The molecule has 2 aromatic rings. The smallest absolute Gasteiger partial charge is 0.312 e. The van der Waals surface area contributed by atoms with E-state index in [1.807, 2.05) is 36.1 Å². The molecule has 0 saturated carbocycles. The number of hydrogen-bond donors (Lipinski definition) is 1. The van der Waals surface area contributed by atoms with Crippen LogP contribution in [-0.2, 0) is 16.6 Å². The summed E-state index contributed by atoms with van der Waals surface area (Å²) < 4.78 is 1.81. The van der Waals surface area contributed by atoms with E-state index in [1.54, 1.807) is 4.90 Å². The van der Waals surface area contributed by atoms with Crippen LogP contribution in [0.25, 0.3) is 10.9 Å². The van der Waals surface area contributed by atoms with Crippen LogP contribution in [0.2, 0.25) is 0 Å². The van der Waals surface area contributed by atoms with Crippen molar-refractivity contribution in [2.75, 3.05) is 6.54 Å². The Balaban J connectivity index is 2.06. The molecule has 0 aliphatic carbocycles. The summed E-state index contributed by atoms with van der Waals surface area (Å²) in [5, 5.41) is 5.31. The molecule has 2 amide bonds. The molecular weight excluding hydrogens is 280 g/mol. The van der Waals surface area contributed by atoms with Gasteiger partial charge in [0.05, 0.1) is 17.8 Å². The Bertz CT molecular complexity index is 737. The zero-order valence-corrected chi connectivity index (χ0v) is 12.8. The number of rotatable bonds is 1. The van der Waals surface area contributed by atoms with Gasteiger partial charge in [-0.3, -0.25) is 14.3 Å². The van der Waals surface area contributed by atoms with Crippen LogP contribution >= 0.6 is 0 Å². The Morgan fingerprint density at radius 1 is 1.32 bits per heavy atom. The average molecular weight is 300 g/mol. The Morgan fingerprint density at radius 2 is 2.09 bits per heavy atom. The number of hydrogen-bond acceptors (Lipinski definition) is 3. The first-order chi connectivity index (χ1) is 10.5. The number of carbonyl (C=O) groups is 2. The summed E-state index contributed by atoms with van der Waals surface area (Å²) in [5.41, 5.74) is 7.27. The number of fused-ring (bicyclic) bond motifs is 1. The number of nitrogens with zero attached hydrogens (tertiary/aromatic N) is 3. The number of aryl methyl sites for hydroxylation is 1. The molecule has 0 spiro atoms. The van der Waals surface area contributed by atoms with Gasteiger partial charge < -0.3 is 10.6 Å². The van der Waals surface area contributed by atoms with Crippen molar-refractivity contribution in [2.24, 2.45) is 18.7 Å². The van der Waals surface area contributed by atoms with Gasteiger partial charge >= 0.3 is 11.8 Å². The number of likely N-dealkylation sites (tertiary alicyclic amines) is 1. The van der Waals surface area contributed by atoms with Crippen molar-refractivity contribution in [3.05, 3.63) is 30.0 Å². The third-order valence-corrected chi connectivity index (χ3v) is 4.47. The van der Waals surface area contributed by atoms with Crippen molar-refractivity contribution >= 4 is 22.7 Å². The molecule has 3 rings (SSSR count). The van der Waals surface area contributed by atoms with Gasteiger partial charge in [-0.1, -0.05) is 19.1 Å². The van der Waals surface area contributed by atoms with Gasteiger partial charge in [-0.05, 0) is 30.4 Å². The minimum Gasteiger partial charge on any atom is -0.361 e. The molecule has 1 aromatic carbocycles. The highest BCUT2D eigenvalue weighted by molar-refractivity contribution is 6.34. The van der Waals surface area contributed by atoms with Gasteiger partial charge in [-0.25, -0.2) is 0 Å². The highest BCUT2D eigenvalue weighted by Gasteiger charge is 2.34. The van der Waals surface area contributed by atoms with E-state index >= 15 is 0 Å². The van der Waals surface area contributed by atoms with Gasteiger partial charge in [0, 0.05) is 19.0 Å². The second-order valence-corrected chi connectivity index (χ2v) is 6.07. The van der Waals surface area contributed by atoms with Crippen LogP contribution in [0.1, 0.15) is 31.4 Å². The van der Waals surface area contributed by atoms with Crippen molar-refractivity contribution in [3.63, 3.8) is 0 Å². The maximum Gasteiger partial charge on any atom is 0.312 e. The minimum atomic E-state index is -0.891. The molecule has 2 heterocycles. The lowest BCUT2D eigenvalue weighted by molar-refractivity contribution is -0.147. The van der Waals surface area contributed by atoms with Gasteiger partial charge in [0.25, 0.3) is 0 Å². The molecule has 1 aliphatic heterocycles. The first kappa shape index (κ1) is 14.6. The molecule has 6 nitrogen and oxygen atoms in total. The molecule has 2 atom stereocenters. The lowest BCUT2D eigenvalue weighted by Gasteiger charge is -2.38. The van der Waals surface area contributed by atoms with Gasteiger partial charge in [0.2, 0.25) is 0 Å². The van der Waals surface area contributed by atoms with Gasteiger partial charge in [-0.15, -0.1) is 0 Å². The van der Waals surface area contributed by atoms with Crippen molar-refractivity contribution < 1.29 is 9.59 Å². The van der Waals surface area contributed by atoms with E-state index in [1.165, 1.54) is 0 Å². The molecule has 1 fully saturated rings. The van der Waals surface area contributed by atoms with E-state index in [9.17, 15) is 9.59 Å². The lowest BCUT2D eigenvalue weighted by Crippen LogP contribution is -2.46. The molecule has 1 saturated heterocycles. The first-order valence-corrected chi connectivity index (χ1v) is 7.50. The zero-order chi connectivity index (χ0) is 15.9. The minimum absolute atomic E-state index is 0.121. The lowest BCUT2D eigenvalue weighted by atomic mass is 9.88. The van der Waals surface area contributed by atoms with Crippen molar-refractivity contribution in [1.82, 2.24) is 14.7 Å². The van der Waals surface area contributed by atoms with Gasteiger partial charge in [0.1, 0.15) is 0 Å². The fourth-order valence-electron chi connectivity index (χ4n) is 3.33. The molecule has 1 aromatic heterocycles. The molecule has 0 radical (unpaired) electrons. The summed E-state index contributed by atoms with van der Waals surface area (Å²) in [6.45, 7) is 2.64. The first-order valence-electron chi connectivity index (χ1n) is 7.50. The normalized spacial score (nSPS) is 22.0. The van der Waals surface area contributed by atoms with Gasteiger partial charge in [0.15, 0.2) is 0 Å². The van der Waals surface area contributed by atoms with Crippen LogP contribution < -0.4 is 5.73 Å². The van der Waals surface area contributed by atoms with Crippen molar-refractivity contribution in [1.29, 1.82) is 0 Å². The highest BCUT2D eigenvalue weighted by Crippen LogP contribution is 2.36. The van der Waals surface area contributed by atoms with E-state index in [0.29, 0.717) is 12.5 Å². The Kier molecular flexibility index (Phi) is 3.60. The quantitative estimate of drug-likeness (QED) is 0.807. The van der Waals surface area contributed by atoms with Crippen LogP contribution in [0, 0.1) is 5.92 Å². The maximum absolute atomic E-state index is 12.2. The van der Waals surface area contributed by atoms with Crippen molar-refractivity contribution in [3.8, 4) is 0 Å². The topological polar surface area (TPSA) is 81.2 Å². The van der Waals surface area contributed by atoms with Crippen LogP contribution in [0.4, 0.5) is 0 Å². The molecule has 2 unspecified atom stereocenters. The van der Waals surface area contributed by atoms with Crippen LogP contribution in [0.5, 0.6) is 0 Å². The van der Waals surface area contributed by atoms with E-state index in [4.69, 9.17) is 5.73 Å². The van der Waals surface area contributed by atoms with E-state index in [0.717, 1.165) is 29.3 Å². The summed E-state index contributed by atoms with van der Waals surface area (Å²) >= 11 is 0. The molecular formula is C16H20N4O2. The van der Waals surface area contributed by atoms with E-state index in [2.05, 4.69) is 12.0 Å². The summed E-state index contributed by atoms with van der Waals surface area (Å²) in [6, 6.07) is 5.84. The Hall–Kier alpha value is -2.37. The number of carbonyl (C=O) groups excluding carboxylic acids is 2. The fraction of sp³-hybridized carbons (Fsp3) is 0.438.